The van der Waals surface area contributed by atoms with E-state index in [-0.39, 0.29) is 10.8 Å². The van der Waals surface area contributed by atoms with Crippen molar-refractivity contribution in [3.63, 3.8) is 0 Å². The van der Waals surface area contributed by atoms with Gasteiger partial charge in [0.05, 0.1) is 16.1 Å². The van der Waals surface area contributed by atoms with Gasteiger partial charge in [0.15, 0.2) is 0 Å². The fourth-order valence-electron chi connectivity index (χ4n) is 2.90. The van der Waals surface area contributed by atoms with E-state index in [1.165, 1.54) is 3.97 Å². The summed E-state index contributed by atoms with van der Waals surface area (Å²) in [6, 6.07) is 15.8. The van der Waals surface area contributed by atoms with Crippen molar-refractivity contribution in [1.82, 2.24) is 13.9 Å². The molecule has 0 aliphatic rings. The van der Waals surface area contributed by atoms with Gasteiger partial charge >= 0.3 is 0 Å². The minimum atomic E-state index is -3.74. The Hall–Kier alpha value is -3.19. The van der Waals surface area contributed by atoms with Crippen molar-refractivity contribution in [2.24, 2.45) is 0 Å². The lowest BCUT2D eigenvalue weighted by Gasteiger charge is -2.07. The number of fused-ring (bicyclic) bond motifs is 1. The maximum atomic E-state index is 13.2. The van der Waals surface area contributed by atoms with Crippen LogP contribution in [-0.2, 0) is 10.0 Å². The van der Waals surface area contributed by atoms with Crippen LogP contribution in [-0.4, -0.2) is 22.4 Å². The van der Waals surface area contributed by atoms with Gasteiger partial charge in [0, 0.05) is 23.3 Å². The number of nitrogens with zero attached hydrogens (tertiary/aromatic N) is 3. The molecule has 2 aromatic carbocycles. The van der Waals surface area contributed by atoms with Crippen LogP contribution in [0.25, 0.3) is 22.2 Å². The molecule has 2 heterocycles. The molecule has 0 saturated heterocycles. The molecule has 0 fully saturated rings. The highest BCUT2D eigenvalue weighted by atomic mass is 32.2. The van der Waals surface area contributed by atoms with Gasteiger partial charge in [-0.05, 0) is 31.2 Å². The zero-order valence-corrected chi connectivity index (χ0v) is 14.8. The van der Waals surface area contributed by atoms with Crippen molar-refractivity contribution in [2.75, 3.05) is 5.73 Å². The molecule has 0 saturated carbocycles. The summed E-state index contributed by atoms with van der Waals surface area (Å²) in [6.45, 7) is 1.92. The molecule has 6 nitrogen and oxygen atoms in total. The van der Waals surface area contributed by atoms with E-state index in [4.69, 9.17) is 5.73 Å². The van der Waals surface area contributed by atoms with Gasteiger partial charge in [0.2, 0.25) is 5.95 Å². The van der Waals surface area contributed by atoms with Gasteiger partial charge in [-0.15, -0.1) is 0 Å². The Morgan fingerprint density at radius 3 is 2.46 bits per heavy atom. The summed E-state index contributed by atoms with van der Waals surface area (Å²) in [5, 5.41) is 0.779. The molecule has 2 N–H and O–H groups in total. The summed E-state index contributed by atoms with van der Waals surface area (Å²) < 4.78 is 27.6. The van der Waals surface area contributed by atoms with Gasteiger partial charge < -0.3 is 5.73 Å². The molecular weight excluding hydrogens is 348 g/mol. The van der Waals surface area contributed by atoms with Crippen molar-refractivity contribution in [2.45, 2.75) is 11.8 Å². The lowest BCUT2D eigenvalue weighted by molar-refractivity contribution is 0.589. The molecule has 4 rings (SSSR count). The number of nitrogens with two attached hydrogens (primary N) is 1. The Morgan fingerprint density at radius 2 is 1.73 bits per heavy atom. The van der Waals surface area contributed by atoms with Crippen molar-refractivity contribution >= 4 is 26.9 Å². The number of rotatable bonds is 3. The fourth-order valence-corrected chi connectivity index (χ4v) is 4.27. The molecule has 7 heteroatoms. The predicted octanol–water partition coefficient (Wildman–Crippen LogP) is 3.23. The summed E-state index contributed by atoms with van der Waals surface area (Å²) in [6.07, 6.45) is 3.14. The van der Waals surface area contributed by atoms with Crippen molar-refractivity contribution < 1.29 is 8.42 Å². The average Bonchev–Trinajstić information content (AvgIpc) is 3.03. The number of para-hydroxylation sites is 1. The van der Waals surface area contributed by atoms with Gasteiger partial charge in [0.25, 0.3) is 10.0 Å². The summed E-state index contributed by atoms with van der Waals surface area (Å²) in [7, 11) is -3.74. The van der Waals surface area contributed by atoms with E-state index in [0.717, 1.165) is 10.9 Å². The Balaban J connectivity index is 1.98. The van der Waals surface area contributed by atoms with E-state index >= 15 is 0 Å². The van der Waals surface area contributed by atoms with Crippen molar-refractivity contribution in [1.29, 1.82) is 0 Å². The van der Waals surface area contributed by atoms with E-state index in [0.29, 0.717) is 16.8 Å². The number of nitrogen functional groups attached to an aromatic ring is 1. The second-order valence-corrected chi connectivity index (χ2v) is 7.79. The smallest absolute Gasteiger partial charge is 0.268 e. The highest BCUT2D eigenvalue weighted by molar-refractivity contribution is 7.90. The lowest BCUT2D eigenvalue weighted by atomic mass is 10.1. The topological polar surface area (TPSA) is 90.9 Å². The summed E-state index contributed by atoms with van der Waals surface area (Å²) in [4.78, 5) is 8.36. The molecule has 0 atom stereocenters. The maximum Gasteiger partial charge on any atom is 0.268 e. The minimum Gasteiger partial charge on any atom is -0.368 e. The number of anilines is 1. The summed E-state index contributed by atoms with van der Waals surface area (Å²) >= 11 is 0. The second kappa shape index (κ2) is 5.96. The normalized spacial score (nSPS) is 11.7. The van der Waals surface area contributed by atoms with Gasteiger partial charge in [-0.25, -0.2) is 22.4 Å². The first-order chi connectivity index (χ1) is 12.5. The van der Waals surface area contributed by atoms with Crippen LogP contribution in [0, 0.1) is 6.92 Å². The van der Waals surface area contributed by atoms with Crippen LogP contribution in [0.15, 0.2) is 71.9 Å². The quantitative estimate of drug-likeness (QED) is 0.603. The first-order valence-corrected chi connectivity index (χ1v) is 9.42. The third-order valence-corrected chi connectivity index (χ3v) is 5.89. The molecule has 0 amide bonds. The molecule has 0 aliphatic carbocycles. The zero-order valence-electron chi connectivity index (χ0n) is 14.0. The van der Waals surface area contributed by atoms with E-state index < -0.39 is 10.0 Å². The van der Waals surface area contributed by atoms with E-state index in [1.807, 2.05) is 25.1 Å². The van der Waals surface area contributed by atoms with Gasteiger partial charge in [-0.2, -0.15) is 0 Å². The predicted molar refractivity (Wildman–Crippen MR) is 101 cm³/mol. The first kappa shape index (κ1) is 16.3. The number of hydrogen-bond donors (Lipinski definition) is 1. The van der Waals surface area contributed by atoms with Gasteiger partial charge in [-0.3, -0.25) is 0 Å². The number of hydrogen-bond acceptors (Lipinski definition) is 5. The second-order valence-electron chi connectivity index (χ2n) is 5.97. The van der Waals surface area contributed by atoms with Crippen LogP contribution in [0.2, 0.25) is 0 Å². The number of benzene rings is 2. The van der Waals surface area contributed by atoms with Crippen molar-refractivity contribution in [3.8, 4) is 11.3 Å². The zero-order chi connectivity index (χ0) is 18.3. The van der Waals surface area contributed by atoms with Gasteiger partial charge in [-0.1, -0.05) is 35.9 Å². The van der Waals surface area contributed by atoms with E-state index in [1.54, 1.807) is 48.8 Å². The van der Waals surface area contributed by atoms with E-state index in [2.05, 4.69) is 9.97 Å². The molecular formula is C19H16N4O2S. The van der Waals surface area contributed by atoms with Crippen LogP contribution < -0.4 is 5.73 Å². The lowest BCUT2D eigenvalue weighted by Crippen LogP contribution is -2.11. The fraction of sp³-hybridized carbons (Fsp3) is 0.0526. The standard InChI is InChI=1S/C19H16N4O2S/c1-13-6-8-14(9-7-13)26(24,25)23-12-16(15-4-2-3-5-18(15)23)17-10-11-21-19(20)22-17/h2-12H,1H3,(H2,20,21,22). The Bertz CT molecular complexity index is 1210. The molecule has 0 aliphatic heterocycles. The SMILES string of the molecule is Cc1ccc(S(=O)(=O)n2cc(-c3ccnc(N)n3)c3ccccc32)cc1. The average molecular weight is 364 g/mol. The van der Waals surface area contributed by atoms with Crippen molar-refractivity contribution in [3.05, 3.63) is 72.6 Å². The highest BCUT2D eigenvalue weighted by Gasteiger charge is 2.22. The van der Waals surface area contributed by atoms with Crippen LogP contribution in [0.1, 0.15) is 5.56 Å². The molecule has 0 spiro atoms. The van der Waals surface area contributed by atoms with Crippen LogP contribution in [0.3, 0.4) is 0 Å². The largest absolute Gasteiger partial charge is 0.368 e. The number of aryl methyl sites for hydroxylation is 1. The third kappa shape index (κ3) is 2.62. The summed E-state index contributed by atoms with van der Waals surface area (Å²) in [5.41, 5.74) is 8.53. The van der Waals surface area contributed by atoms with E-state index in [9.17, 15) is 8.42 Å². The molecule has 0 radical (unpaired) electrons. The Kier molecular flexibility index (Phi) is 3.73. The number of aromatic nitrogens is 3. The summed E-state index contributed by atoms with van der Waals surface area (Å²) in [5.74, 6) is 0.140. The minimum absolute atomic E-state index is 0.140. The molecule has 2 aromatic heterocycles. The molecule has 4 aromatic rings. The van der Waals surface area contributed by atoms with Gasteiger partial charge in [0.1, 0.15) is 0 Å². The first-order valence-electron chi connectivity index (χ1n) is 7.98. The Morgan fingerprint density at radius 1 is 1.00 bits per heavy atom. The molecule has 0 bridgehead atoms. The Labute approximate surface area is 151 Å². The van der Waals surface area contributed by atoms with Crippen LogP contribution >= 0.6 is 0 Å². The highest BCUT2D eigenvalue weighted by Crippen LogP contribution is 2.32. The van der Waals surface area contributed by atoms with Crippen LogP contribution in [0.5, 0.6) is 0 Å². The molecule has 0 unspecified atom stereocenters. The molecule has 26 heavy (non-hydrogen) atoms. The monoisotopic (exact) mass is 364 g/mol. The molecule has 130 valence electrons. The van der Waals surface area contributed by atoms with Crippen LogP contribution in [0.4, 0.5) is 5.95 Å². The third-order valence-electron chi connectivity index (χ3n) is 4.21. The maximum absolute atomic E-state index is 13.2.